The van der Waals surface area contributed by atoms with E-state index in [9.17, 15) is 4.79 Å². The van der Waals surface area contributed by atoms with Gasteiger partial charge in [-0.15, -0.1) is 5.10 Å². The molecular weight excluding hydrogens is 248 g/mol. The molecule has 0 amide bonds. The maximum atomic E-state index is 11.2. The number of hydrogen-bond acceptors (Lipinski definition) is 4. The van der Waals surface area contributed by atoms with Crippen LogP contribution in [0.2, 0.25) is 0 Å². The maximum Gasteiger partial charge on any atom is 0.219 e. The lowest BCUT2D eigenvalue weighted by Crippen LogP contribution is -2.15. The molecule has 0 saturated heterocycles. The molecular formula is C8H7BrN4O. The molecule has 0 radical (unpaired) electrons. The van der Waals surface area contributed by atoms with Crippen molar-refractivity contribution in [2.45, 2.75) is 0 Å². The third-order valence-corrected chi connectivity index (χ3v) is 2.20. The highest BCUT2D eigenvalue weighted by molar-refractivity contribution is 9.10. The number of rotatable bonds is 2. The number of fused-ring (bicyclic) bond motifs is 1. The third-order valence-electron chi connectivity index (χ3n) is 1.73. The lowest BCUT2D eigenvalue weighted by molar-refractivity contribution is 0.0992. The predicted molar refractivity (Wildman–Crippen MR) is 54.1 cm³/mol. The van der Waals surface area contributed by atoms with Gasteiger partial charge < -0.3 is 5.73 Å². The van der Waals surface area contributed by atoms with Gasteiger partial charge in [0.1, 0.15) is 0 Å². The largest absolute Gasteiger partial charge is 0.324 e. The maximum absolute atomic E-state index is 11.2. The van der Waals surface area contributed by atoms with Crippen molar-refractivity contribution in [3.63, 3.8) is 0 Å². The number of Topliss-reactive ketones (excluding diaryl/α,β-unsaturated/α-hetero) is 1. The molecule has 0 spiro atoms. The molecule has 0 atom stereocenters. The Hall–Kier alpha value is -1.27. The molecule has 2 heterocycles. The molecule has 2 N–H and O–H groups in total. The van der Waals surface area contributed by atoms with E-state index in [2.05, 4.69) is 26.0 Å². The second kappa shape index (κ2) is 3.47. The van der Waals surface area contributed by atoms with Gasteiger partial charge in [-0.3, -0.25) is 4.79 Å². The number of ketones is 1. The number of pyridine rings is 1. The number of hydrogen-bond donors (Lipinski definition) is 1. The Labute approximate surface area is 88.1 Å². The summed E-state index contributed by atoms with van der Waals surface area (Å²) in [5.74, 6) is -0.101. The topological polar surface area (TPSA) is 73.3 Å². The molecule has 2 aromatic rings. The minimum Gasteiger partial charge on any atom is -0.324 e. The van der Waals surface area contributed by atoms with Crippen molar-refractivity contribution in [2.75, 3.05) is 6.54 Å². The summed E-state index contributed by atoms with van der Waals surface area (Å²) in [6.45, 7) is -0.0714. The van der Waals surface area contributed by atoms with E-state index in [1.807, 2.05) is 6.07 Å². The first-order valence-electron chi connectivity index (χ1n) is 3.96. The quantitative estimate of drug-likeness (QED) is 0.799. The van der Waals surface area contributed by atoms with Crippen LogP contribution >= 0.6 is 15.9 Å². The first-order valence-corrected chi connectivity index (χ1v) is 4.75. The normalized spacial score (nSPS) is 10.7. The van der Waals surface area contributed by atoms with Crippen molar-refractivity contribution in [3.8, 4) is 0 Å². The van der Waals surface area contributed by atoms with Crippen LogP contribution in [0.3, 0.4) is 0 Å². The Morgan fingerprint density at radius 1 is 1.57 bits per heavy atom. The first kappa shape index (κ1) is 9.29. The smallest absolute Gasteiger partial charge is 0.219 e. The van der Waals surface area contributed by atoms with Gasteiger partial charge in [0.25, 0.3) is 0 Å². The lowest BCUT2D eigenvalue weighted by Gasteiger charge is -1.90. The Morgan fingerprint density at radius 2 is 2.36 bits per heavy atom. The molecule has 2 aromatic heterocycles. The fourth-order valence-corrected chi connectivity index (χ4v) is 1.39. The molecule has 0 aliphatic rings. The fourth-order valence-electron chi connectivity index (χ4n) is 1.07. The van der Waals surface area contributed by atoms with Crippen LogP contribution in [0.25, 0.3) is 5.65 Å². The van der Waals surface area contributed by atoms with Crippen molar-refractivity contribution in [1.82, 2.24) is 14.6 Å². The number of halogens is 1. The zero-order valence-electron chi connectivity index (χ0n) is 7.14. The molecule has 72 valence electrons. The second-order valence-electron chi connectivity index (χ2n) is 2.71. The molecule has 14 heavy (non-hydrogen) atoms. The SMILES string of the molecule is NCC(=O)c1nc2ccc(Br)cn2n1. The van der Waals surface area contributed by atoms with E-state index < -0.39 is 0 Å². The minimum absolute atomic E-state index is 0.0714. The van der Waals surface area contributed by atoms with E-state index in [1.165, 1.54) is 4.52 Å². The summed E-state index contributed by atoms with van der Waals surface area (Å²) < 4.78 is 2.41. The van der Waals surface area contributed by atoms with E-state index >= 15 is 0 Å². The molecule has 0 fully saturated rings. The average molecular weight is 255 g/mol. The summed E-state index contributed by atoms with van der Waals surface area (Å²) >= 11 is 3.30. The van der Waals surface area contributed by atoms with Crippen molar-refractivity contribution in [3.05, 3.63) is 28.6 Å². The standard InChI is InChI=1S/C8H7BrN4O/c9-5-1-2-7-11-8(6(14)3-10)12-13(7)4-5/h1-2,4H,3,10H2. The minimum atomic E-state index is -0.259. The van der Waals surface area contributed by atoms with Gasteiger partial charge in [0.05, 0.1) is 6.54 Å². The number of aromatic nitrogens is 3. The van der Waals surface area contributed by atoms with Crippen LogP contribution in [-0.2, 0) is 0 Å². The molecule has 0 aromatic carbocycles. The van der Waals surface area contributed by atoms with Gasteiger partial charge in [-0.1, -0.05) is 0 Å². The van der Waals surface area contributed by atoms with Crippen LogP contribution in [-0.4, -0.2) is 26.9 Å². The summed E-state index contributed by atoms with van der Waals surface area (Å²) in [6.07, 6.45) is 1.73. The summed E-state index contributed by atoms with van der Waals surface area (Å²) in [6, 6.07) is 3.60. The Balaban J connectivity index is 2.56. The van der Waals surface area contributed by atoms with Crippen LogP contribution < -0.4 is 5.73 Å². The average Bonchev–Trinajstić information content (AvgIpc) is 2.59. The summed E-state index contributed by atoms with van der Waals surface area (Å²) in [5.41, 5.74) is 5.84. The second-order valence-corrected chi connectivity index (χ2v) is 3.63. The van der Waals surface area contributed by atoms with Crippen LogP contribution in [0, 0.1) is 0 Å². The molecule has 5 nitrogen and oxygen atoms in total. The highest BCUT2D eigenvalue weighted by Crippen LogP contribution is 2.10. The predicted octanol–water partition coefficient (Wildman–Crippen LogP) is 0.633. The Morgan fingerprint density at radius 3 is 3.07 bits per heavy atom. The van der Waals surface area contributed by atoms with Crippen LogP contribution in [0.4, 0.5) is 0 Å². The van der Waals surface area contributed by atoms with Gasteiger partial charge in [0, 0.05) is 10.7 Å². The van der Waals surface area contributed by atoms with Crippen molar-refractivity contribution in [1.29, 1.82) is 0 Å². The van der Waals surface area contributed by atoms with Crippen molar-refractivity contribution < 1.29 is 4.79 Å². The van der Waals surface area contributed by atoms with Crippen LogP contribution in [0.5, 0.6) is 0 Å². The fraction of sp³-hybridized carbons (Fsp3) is 0.125. The molecule has 0 saturated carbocycles. The molecule has 0 aliphatic carbocycles. The van der Waals surface area contributed by atoms with E-state index in [-0.39, 0.29) is 18.2 Å². The van der Waals surface area contributed by atoms with Gasteiger partial charge in [-0.05, 0) is 28.1 Å². The molecule has 0 aliphatic heterocycles. The zero-order chi connectivity index (χ0) is 10.1. The molecule has 6 heteroatoms. The van der Waals surface area contributed by atoms with Crippen molar-refractivity contribution in [2.24, 2.45) is 5.73 Å². The van der Waals surface area contributed by atoms with E-state index in [4.69, 9.17) is 5.73 Å². The molecule has 0 unspecified atom stereocenters. The zero-order valence-corrected chi connectivity index (χ0v) is 8.73. The number of nitrogens with zero attached hydrogens (tertiary/aromatic N) is 3. The summed E-state index contributed by atoms with van der Waals surface area (Å²) in [7, 11) is 0. The van der Waals surface area contributed by atoms with Gasteiger partial charge in [-0.25, -0.2) is 9.50 Å². The molecule has 2 rings (SSSR count). The highest BCUT2D eigenvalue weighted by atomic mass is 79.9. The van der Waals surface area contributed by atoms with Gasteiger partial charge >= 0.3 is 0 Å². The monoisotopic (exact) mass is 254 g/mol. The van der Waals surface area contributed by atoms with Gasteiger partial charge in [-0.2, -0.15) is 0 Å². The summed E-state index contributed by atoms with van der Waals surface area (Å²) in [5, 5.41) is 3.99. The number of nitrogens with two attached hydrogens (primary N) is 1. The van der Waals surface area contributed by atoms with Crippen LogP contribution in [0.1, 0.15) is 10.6 Å². The summed E-state index contributed by atoms with van der Waals surface area (Å²) in [4.78, 5) is 15.2. The van der Waals surface area contributed by atoms with Crippen LogP contribution in [0.15, 0.2) is 22.8 Å². The van der Waals surface area contributed by atoms with E-state index in [0.29, 0.717) is 5.65 Å². The molecule has 0 bridgehead atoms. The number of carbonyl (C=O) groups excluding carboxylic acids is 1. The van der Waals surface area contributed by atoms with Crippen molar-refractivity contribution >= 4 is 27.4 Å². The van der Waals surface area contributed by atoms with Gasteiger partial charge in [0.15, 0.2) is 5.65 Å². The van der Waals surface area contributed by atoms with E-state index in [0.717, 1.165) is 4.47 Å². The lowest BCUT2D eigenvalue weighted by atomic mass is 10.4. The Bertz CT molecular complexity index is 493. The third kappa shape index (κ3) is 1.53. The van der Waals surface area contributed by atoms with Gasteiger partial charge in [0.2, 0.25) is 11.6 Å². The Kier molecular flexibility index (Phi) is 2.30. The van der Waals surface area contributed by atoms with E-state index in [1.54, 1.807) is 12.3 Å². The number of carbonyl (C=O) groups is 1. The highest BCUT2D eigenvalue weighted by Gasteiger charge is 2.10. The first-order chi connectivity index (χ1) is 6.70.